The highest BCUT2D eigenvalue weighted by Gasteiger charge is 2.26. The van der Waals surface area contributed by atoms with Crippen molar-refractivity contribution in [2.45, 2.75) is 19.8 Å². The molecule has 1 saturated heterocycles. The van der Waals surface area contributed by atoms with Crippen molar-refractivity contribution in [3.05, 3.63) is 48.5 Å². The molecule has 0 aliphatic carbocycles. The molecule has 1 fully saturated rings. The van der Waals surface area contributed by atoms with Crippen LogP contribution in [0.1, 0.15) is 19.8 Å². The second kappa shape index (κ2) is 9.25. The third kappa shape index (κ3) is 4.43. The molecular formula is C25H28N2O4. The van der Waals surface area contributed by atoms with Crippen LogP contribution in [0.25, 0.3) is 22.0 Å². The van der Waals surface area contributed by atoms with Crippen molar-refractivity contribution in [2.75, 3.05) is 38.8 Å². The molecular weight excluding hydrogens is 392 g/mol. The number of rotatable bonds is 6. The number of benzene rings is 2. The van der Waals surface area contributed by atoms with Gasteiger partial charge in [0.05, 0.1) is 32.3 Å². The number of methoxy groups -OCH3 is 2. The maximum Gasteiger partial charge on any atom is 0.309 e. The molecule has 31 heavy (non-hydrogen) atoms. The second-order valence-corrected chi connectivity index (χ2v) is 7.66. The van der Waals surface area contributed by atoms with Crippen LogP contribution in [-0.2, 0) is 9.53 Å². The van der Waals surface area contributed by atoms with Gasteiger partial charge in [0.25, 0.3) is 0 Å². The summed E-state index contributed by atoms with van der Waals surface area (Å²) < 4.78 is 16.1. The van der Waals surface area contributed by atoms with Crippen molar-refractivity contribution in [3.63, 3.8) is 0 Å². The smallest absolute Gasteiger partial charge is 0.309 e. The van der Waals surface area contributed by atoms with Crippen LogP contribution in [0.4, 0.5) is 5.82 Å². The van der Waals surface area contributed by atoms with E-state index < -0.39 is 0 Å². The number of carbonyl (C=O) groups excluding carboxylic acids is 1. The van der Waals surface area contributed by atoms with Crippen LogP contribution in [0.15, 0.2) is 48.5 Å². The standard InChI is InChI=1S/C25H28N2O4/c1-4-31-25(28)18-10-12-27(13-11-18)23-9-8-17-6-5-7-22(24(17)26-23)19-14-20(29-2)16-21(15-19)30-3/h5-9,14-16,18H,4,10-13H2,1-3H3. The van der Waals surface area contributed by atoms with Gasteiger partial charge in [0, 0.05) is 30.1 Å². The largest absolute Gasteiger partial charge is 0.497 e. The molecule has 0 N–H and O–H groups in total. The third-order valence-corrected chi connectivity index (χ3v) is 5.81. The number of carbonyl (C=O) groups is 1. The van der Waals surface area contributed by atoms with Crippen molar-refractivity contribution < 1.29 is 19.0 Å². The van der Waals surface area contributed by atoms with E-state index in [0.717, 1.165) is 65.3 Å². The zero-order valence-electron chi connectivity index (χ0n) is 18.3. The Hall–Kier alpha value is -3.28. The minimum absolute atomic E-state index is 0.0172. The maximum absolute atomic E-state index is 12.0. The predicted octanol–water partition coefficient (Wildman–Crippen LogP) is 4.70. The summed E-state index contributed by atoms with van der Waals surface area (Å²) in [4.78, 5) is 19.3. The van der Waals surface area contributed by atoms with Gasteiger partial charge < -0.3 is 19.1 Å². The highest BCUT2D eigenvalue weighted by molar-refractivity contribution is 5.95. The third-order valence-electron chi connectivity index (χ3n) is 5.81. The van der Waals surface area contributed by atoms with E-state index in [2.05, 4.69) is 29.2 Å². The number of ether oxygens (including phenoxy) is 3. The Morgan fingerprint density at radius 3 is 2.39 bits per heavy atom. The van der Waals surface area contributed by atoms with E-state index in [0.29, 0.717) is 6.61 Å². The Bertz CT molecular complexity index is 1050. The lowest BCUT2D eigenvalue weighted by Crippen LogP contribution is -2.37. The predicted molar refractivity (Wildman–Crippen MR) is 122 cm³/mol. The average molecular weight is 421 g/mol. The molecule has 2 heterocycles. The van der Waals surface area contributed by atoms with Crippen LogP contribution >= 0.6 is 0 Å². The van der Waals surface area contributed by atoms with Crippen molar-refractivity contribution in [3.8, 4) is 22.6 Å². The van der Waals surface area contributed by atoms with Gasteiger partial charge in [-0.25, -0.2) is 4.98 Å². The summed E-state index contributed by atoms with van der Waals surface area (Å²) in [6.07, 6.45) is 1.57. The van der Waals surface area contributed by atoms with Gasteiger partial charge in [0.1, 0.15) is 17.3 Å². The van der Waals surface area contributed by atoms with Gasteiger partial charge in [-0.2, -0.15) is 0 Å². The topological polar surface area (TPSA) is 60.9 Å². The number of pyridine rings is 1. The van der Waals surface area contributed by atoms with Crippen LogP contribution in [-0.4, -0.2) is 44.9 Å². The van der Waals surface area contributed by atoms with Crippen molar-refractivity contribution in [2.24, 2.45) is 5.92 Å². The quantitative estimate of drug-likeness (QED) is 0.539. The number of nitrogens with zero attached hydrogens (tertiary/aromatic N) is 2. The van der Waals surface area contributed by atoms with Gasteiger partial charge >= 0.3 is 5.97 Å². The number of para-hydroxylation sites is 1. The Morgan fingerprint density at radius 2 is 1.74 bits per heavy atom. The summed E-state index contributed by atoms with van der Waals surface area (Å²) in [5, 5.41) is 1.07. The van der Waals surface area contributed by atoms with Gasteiger partial charge in [-0.1, -0.05) is 18.2 Å². The zero-order chi connectivity index (χ0) is 21.8. The molecule has 162 valence electrons. The highest BCUT2D eigenvalue weighted by Crippen LogP contribution is 2.34. The molecule has 1 aromatic heterocycles. The molecule has 0 radical (unpaired) electrons. The summed E-state index contributed by atoms with van der Waals surface area (Å²) in [5.74, 6) is 2.31. The number of esters is 1. The lowest BCUT2D eigenvalue weighted by Gasteiger charge is -2.31. The fourth-order valence-corrected chi connectivity index (χ4v) is 4.11. The van der Waals surface area contributed by atoms with E-state index in [1.54, 1.807) is 14.2 Å². The fourth-order valence-electron chi connectivity index (χ4n) is 4.11. The molecule has 6 nitrogen and oxygen atoms in total. The number of anilines is 1. The first-order chi connectivity index (χ1) is 15.1. The molecule has 1 aliphatic heterocycles. The Kier molecular flexibility index (Phi) is 6.26. The van der Waals surface area contributed by atoms with E-state index in [1.807, 2.05) is 31.2 Å². The molecule has 0 unspecified atom stereocenters. The Balaban J connectivity index is 1.65. The first kappa shape index (κ1) is 21.0. The lowest BCUT2D eigenvalue weighted by molar-refractivity contribution is -0.148. The van der Waals surface area contributed by atoms with E-state index in [1.165, 1.54) is 0 Å². The summed E-state index contributed by atoms with van der Waals surface area (Å²) in [6.45, 7) is 3.86. The molecule has 4 rings (SSSR count). The van der Waals surface area contributed by atoms with Crippen molar-refractivity contribution in [1.29, 1.82) is 0 Å². The minimum Gasteiger partial charge on any atom is -0.497 e. The molecule has 0 bridgehead atoms. The number of fused-ring (bicyclic) bond motifs is 1. The fraction of sp³-hybridized carbons (Fsp3) is 0.360. The van der Waals surface area contributed by atoms with E-state index >= 15 is 0 Å². The molecule has 0 atom stereocenters. The van der Waals surface area contributed by atoms with Crippen LogP contribution in [0.5, 0.6) is 11.5 Å². The van der Waals surface area contributed by atoms with Crippen molar-refractivity contribution in [1.82, 2.24) is 4.98 Å². The SMILES string of the molecule is CCOC(=O)C1CCN(c2ccc3cccc(-c4cc(OC)cc(OC)c4)c3n2)CC1. The van der Waals surface area contributed by atoms with Gasteiger partial charge in [-0.05, 0) is 49.6 Å². The van der Waals surface area contributed by atoms with Gasteiger partial charge in [-0.15, -0.1) is 0 Å². The van der Waals surface area contributed by atoms with E-state index in [4.69, 9.17) is 19.2 Å². The lowest BCUT2D eigenvalue weighted by atomic mass is 9.97. The molecule has 2 aromatic carbocycles. The minimum atomic E-state index is -0.0807. The Labute approximate surface area is 182 Å². The maximum atomic E-state index is 12.0. The normalized spacial score (nSPS) is 14.5. The molecule has 6 heteroatoms. The molecule has 3 aromatic rings. The zero-order valence-corrected chi connectivity index (χ0v) is 18.3. The van der Waals surface area contributed by atoms with Gasteiger partial charge in [-0.3, -0.25) is 4.79 Å². The monoisotopic (exact) mass is 420 g/mol. The number of aromatic nitrogens is 1. The van der Waals surface area contributed by atoms with Crippen molar-refractivity contribution >= 4 is 22.7 Å². The summed E-state index contributed by atoms with van der Waals surface area (Å²) in [6, 6.07) is 16.2. The number of hydrogen-bond acceptors (Lipinski definition) is 6. The molecule has 1 aliphatic rings. The van der Waals surface area contributed by atoms with Crippen LogP contribution < -0.4 is 14.4 Å². The van der Waals surface area contributed by atoms with Gasteiger partial charge in [0.15, 0.2) is 0 Å². The summed E-state index contributed by atoms with van der Waals surface area (Å²) in [7, 11) is 3.30. The second-order valence-electron chi connectivity index (χ2n) is 7.66. The van der Waals surface area contributed by atoms with Crippen LogP contribution in [0, 0.1) is 5.92 Å². The van der Waals surface area contributed by atoms with Gasteiger partial charge in [0.2, 0.25) is 0 Å². The Morgan fingerprint density at radius 1 is 1.03 bits per heavy atom. The molecule has 0 amide bonds. The van der Waals surface area contributed by atoms with E-state index in [-0.39, 0.29) is 11.9 Å². The van der Waals surface area contributed by atoms with E-state index in [9.17, 15) is 4.79 Å². The summed E-state index contributed by atoms with van der Waals surface area (Å²) in [5.41, 5.74) is 2.95. The number of piperidine rings is 1. The number of hydrogen-bond donors (Lipinski definition) is 0. The summed E-state index contributed by atoms with van der Waals surface area (Å²) >= 11 is 0. The first-order valence-corrected chi connectivity index (χ1v) is 10.7. The highest BCUT2D eigenvalue weighted by atomic mass is 16.5. The molecule has 0 saturated carbocycles. The first-order valence-electron chi connectivity index (χ1n) is 10.7. The average Bonchev–Trinajstić information content (AvgIpc) is 2.83. The molecule has 0 spiro atoms. The van der Waals surface area contributed by atoms with Crippen LogP contribution in [0.3, 0.4) is 0 Å². The van der Waals surface area contributed by atoms with Crippen LogP contribution in [0.2, 0.25) is 0 Å².